The van der Waals surface area contributed by atoms with Gasteiger partial charge < -0.3 is 15.1 Å². The fourth-order valence-electron chi connectivity index (χ4n) is 1.55. The Morgan fingerprint density at radius 3 is 2.70 bits per heavy atom. The van der Waals surface area contributed by atoms with Gasteiger partial charge in [0.25, 0.3) is 11.8 Å². The molecule has 2 rings (SSSR count). The summed E-state index contributed by atoms with van der Waals surface area (Å²) < 4.78 is 4.90. The zero-order chi connectivity index (χ0) is 16.7. The van der Waals surface area contributed by atoms with Crippen LogP contribution in [0.4, 0.5) is 5.69 Å². The molecular formula is C14H13ClN4O3S. The first-order valence-corrected chi connectivity index (χ1v) is 7.26. The van der Waals surface area contributed by atoms with Crippen LogP contribution in [0.3, 0.4) is 0 Å². The highest BCUT2D eigenvalue weighted by molar-refractivity contribution is 7.80. The molecule has 7 nitrogen and oxygen atoms in total. The van der Waals surface area contributed by atoms with Crippen molar-refractivity contribution in [1.82, 2.24) is 16.2 Å². The number of carbonyl (C=O) groups is 2. The van der Waals surface area contributed by atoms with Gasteiger partial charge in [0.1, 0.15) is 0 Å². The Bertz CT molecular complexity index is 706. The van der Waals surface area contributed by atoms with Gasteiger partial charge in [-0.25, -0.2) is 0 Å². The van der Waals surface area contributed by atoms with Gasteiger partial charge in [-0.1, -0.05) is 17.7 Å². The molecule has 23 heavy (non-hydrogen) atoms. The van der Waals surface area contributed by atoms with Gasteiger partial charge in [-0.15, -0.1) is 0 Å². The van der Waals surface area contributed by atoms with Gasteiger partial charge >= 0.3 is 0 Å². The van der Waals surface area contributed by atoms with E-state index in [4.69, 9.17) is 28.2 Å². The number of hydrogen-bond acceptors (Lipinski definition) is 4. The minimum atomic E-state index is -0.482. The molecule has 0 atom stereocenters. The second-order valence-electron chi connectivity index (χ2n) is 4.30. The van der Waals surface area contributed by atoms with Crippen molar-refractivity contribution in [2.24, 2.45) is 0 Å². The number of rotatable bonds is 4. The Morgan fingerprint density at radius 1 is 1.17 bits per heavy atom. The molecule has 1 aromatic carbocycles. The molecule has 2 aromatic rings. The lowest BCUT2D eigenvalue weighted by Crippen LogP contribution is -2.47. The van der Waals surface area contributed by atoms with E-state index in [0.29, 0.717) is 10.7 Å². The third-order valence-electron chi connectivity index (χ3n) is 2.55. The van der Waals surface area contributed by atoms with Crippen LogP contribution >= 0.6 is 23.8 Å². The first-order valence-electron chi connectivity index (χ1n) is 6.47. The minimum Gasteiger partial charge on any atom is -0.459 e. The molecule has 1 heterocycles. The van der Waals surface area contributed by atoms with Crippen molar-refractivity contribution in [2.45, 2.75) is 0 Å². The van der Waals surface area contributed by atoms with E-state index < -0.39 is 11.8 Å². The number of benzene rings is 1. The Balaban J connectivity index is 1.69. The second-order valence-corrected chi connectivity index (χ2v) is 5.14. The number of amides is 2. The Morgan fingerprint density at radius 2 is 2.00 bits per heavy atom. The molecule has 0 saturated carbocycles. The molecular weight excluding hydrogens is 340 g/mol. The maximum atomic E-state index is 11.6. The zero-order valence-corrected chi connectivity index (χ0v) is 13.3. The molecule has 120 valence electrons. The summed E-state index contributed by atoms with van der Waals surface area (Å²) in [6, 6.07) is 10.0. The smallest absolute Gasteiger partial charge is 0.287 e. The van der Waals surface area contributed by atoms with E-state index in [2.05, 4.69) is 21.5 Å². The molecule has 0 aliphatic heterocycles. The lowest BCUT2D eigenvalue weighted by molar-refractivity contribution is -0.120. The quantitative estimate of drug-likeness (QED) is 0.494. The molecule has 1 aromatic heterocycles. The van der Waals surface area contributed by atoms with Crippen LogP contribution < -0.4 is 21.5 Å². The Kier molecular flexibility index (Phi) is 5.95. The summed E-state index contributed by atoms with van der Waals surface area (Å²) in [5.74, 6) is -0.825. The summed E-state index contributed by atoms with van der Waals surface area (Å²) in [4.78, 5) is 23.2. The predicted octanol–water partition coefficient (Wildman–Crippen LogP) is 1.68. The largest absolute Gasteiger partial charge is 0.459 e. The molecule has 4 N–H and O–H groups in total. The molecule has 0 fully saturated rings. The molecule has 0 aliphatic rings. The highest BCUT2D eigenvalue weighted by Crippen LogP contribution is 2.14. The number of furan rings is 1. The third kappa shape index (κ3) is 5.61. The van der Waals surface area contributed by atoms with E-state index >= 15 is 0 Å². The zero-order valence-electron chi connectivity index (χ0n) is 11.8. The van der Waals surface area contributed by atoms with E-state index in [0.717, 1.165) is 0 Å². The number of hydrogen-bond donors (Lipinski definition) is 4. The lowest BCUT2D eigenvalue weighted by Gasteiger charge is -2.12. The van der Waals surface area contributed by atoms with Crippen LogP contribution in [0.5, 0.6) is 0 Å². The first-order chi connectivity index (χ1) is 11.0. The fourth-order valence-corrected chi connectivity index (χ4v) is 1.91. The normalized spacial score (nSPS) is 9.78. The van der Waals surface area contributed by atoms with Gasteiger partial charge in [-0.2, -0.15) is 0 Å². The van der Waals surface area contributed by atoms with E-state index in [1.807, 2.05) is 0 Å². The second kappa shape index (κ2) is 8.16. The van der Waals surface area contributed by atoms with Gasteiger partial charge in [-0.05, 0) is 42.5 Å². The number of hydrazine groups is 1. The molecule has 0 radical (unpaired) electrons. The summed E-state index contributed by atoms with van der Waals surface area (Å²) in [6.45, 7) is -0.230. The van der Waals surface area contributed by atoms with Crippen LogP contribution in [0, 0.1) is 0 Å². The summed E-state index contributed by atoms with van der Waals surface area (Å²) in [5.41, 5.74) is 5.54. The van der Waals surface area contributed by atoms with Crippen LogP contribution in [0.1, 0.15) is 10.6 Å². The minimum absolute atomic E-state index is 0.129. The molecule has 9 heteroatoms. The van der Waals surface area contributed by atoms with Crippen molar-refractivity contribution < 1.29 is 14.0 Å². The average Bonchev–Trinajstić information content (AvgIpc) is 3.05. The molecule has 0 saturated heterocycles. The topological polar surface area (TPSA) is 95.4 Å². The first kappa shape index (κ1) is 16.8. The van der Waals surface area contributed by atoms with Crippen LogP contribution in [0.15, 0.2) is 47.1 Å². The Labute approximate surface area is 142 Å². The number of anilines is 1. The van der Waals surface area contributed by atoms with Gasteiger partial charge in [0, 0.05) is 10.7 Å². The summed E-state index contributed by atoms with van der Waals surface area (Å²) in [6.07, 6.45) is 1.37. The van der Waals surface area contributed by atoms with Crippen molar-refractivity contribution in [1.29, 1.82) is 0 Å². The maximum absolute atomic E-state index is 11.6. The fraction of sp³-hybridized carbons (Fsp3) is 0.0714. The number of carbonyl (C=O) groups excluding carboxylic acids is 2. The van der Waals surface area contributed by atoms with Crippen molar-refractivity contribution in [2.75, 3.05) is 11.9 Å². The van der Waals surface area contributed by atoms with E-state index in [1.165, 1.54) is 12.3 Å². The predicted molar refractivity (Wildman–Crippen MR) is 90.0 cm³/mol. The maximum Gasteiger partial charge on any atom is 0.287 e. The van der Waals surface area contributed by atoms with Crippen LogP contribution in [0.2, 0.25) is 5.02 Å². The third-order valence-corrected chi connectivity index (χ3v) is 2.99. The lowest BCUT2D eigenvalue weighted by atomic mass is 10.3. The molecule has 2 amide bonds. The van der Waals surface area contributed by atoms with Gasteiger partial charge in [0.05, 0.1) is 12.8 Å². The highest BCUT2D eigenvalue weighted by Gasteiger charge is 2.10. The number of nitrogens with one attached hydrogen (secondary N) is 4. The number of halogens is 1. The monoisotopic (exact) mass is 352 g/mol. The van der Waals surface area contributed by atoms with Gasteiger partial charge in [0.2, 0.25) is 0 Å². The summed E-state index contributed by atoms with van der Waals surface area (Å²) in [7, 11) is 0. The van der Waals surface area contributed by atoms with Crippen LogP contribution in [-0.4, -0.2) is 23.5 Å². The average molecular weight is 353 g/mol. The van der Waals surface area contributed by atoms with Crippen molar-refractivity contribution >= 4 is 46.4 Å². The van der Waals surface area contributed by atoms with Crippen molar-refractivity contribution in [3.8, 4) is 0 Å². The molecule has 0 bridgehead atoms. The molecule has 0 unspecified atom stereocenters. The van der Waals surface area contributed by atoms with Crippen molar-refractivity contribution in [3.05, 3.63) is 53.4 Å². The number of thiocarbonyl (C=S) groups is 1. The van der Waals surface area contributed by atoms with Crippen LogP contribution in [0.25, 0.3) is 0 Å². The summed E-state index contributed by atoms with van der Waals surface area (Å²) >= 11 is 10.9. The van der Waals surface area contributed by atoms with E-state index in [9.17, 15) is 9.59 Å². The van der Waals surface area contributed by atoms with Crippen molar-refractivity contribution in [3.63, 3.8) is 0 Å². The van der Waals surface area contributed by atoms with Gasteiger partial charge in [0.15, 0.2) is 10.9 Å². The standard InChI is InChI=1S/C14H13ClN4O3S/c15-9-3-1-4-10(7-9)17-14(23)19-18-12(20)8-16-13(21)11-5-2-6-22-11/h1-7H,8H2,(H,16,21)(H,18,20)(H2,17,19,23). The van der Waals surface area contributed by atoms with E-state index in [1.54, 1.807) is 30.3 Å². The highest BCUT2D eigenvalue weighted by atomic mass is 35.5. The van der Waals surface area contributed by atoms with Gasteiger partial charge in [-0.3, -0.25) is 20.4 Å². The molecule has 0 aliphatic carbocycles. The summed E-state index contributed by atoms with van der Waals surface area (Å²) in [5, 5.41) is 5.98. The molecule has 0 spiro atoms. The van der Waals surface area contributed by atoms with Crippen LogP contribution in [-0.2, 0) is 4.79 Å². The Hall–Kier alpha value is -2.58. The SMILES string of the molecule is O=C(CNC(=O)c1ccco1)NNC(=S)Nc1cccc(Cl)c1. The van der Waals surface area contributed by atoms with E-state index in [-0.39, 0.29) is 17.4 Å².